The molecule has 1 amide bonds. The fraction of sp³-hybridized carbons (Fsp3) is 0.300. The highest BCUT2D eigenvalue weighted by atomic mass is 35.5. The number of alkyl carbamates (subject to hydrolysis) is 1. The number of phenols is 1. The van der Waals surface area contributed by atoms with Crippen LogP contribution in [-0.2, 0) is 4.74 Å². The summed E-state index contributed by atoms with van der Waals surface area (Å²) in [6.07, 6.45) is -0.912. The molecule has 0 spiro atoms. The molecule has 1 aliphatic rings. The van der Waals surface area contributed by atoms with Crippen molar-refractivity contribution in [3.63, 3.8) is 0 Å². The van der Waals surface area contributed by atoms with E-state index in [1.54, 1.807) is 0 Å². The number of hydrogen-bond acceptors (Lipinski definition) is 3. The lowest BCUT2D eigenvalue weighted by Gasteiger charge is -2.31. The van der Waals surface area contributed by atoms with Gasteiger partial charge in [0, 0.05) is 0 Å². The maximum atomic E-state index is 13.5. The average molecular weight is 264 g/mol. The van der Waals surface area contributed by atoms with Gasteiger partial charge < -0.3 is 15.2 Å². The Morgan fingerprint density at radius 2 is 2.24 bits per heavy atom. The number of benzene rings is 1. The number of carbonyl (C=O) groups is 1. The fourth-order valence-electron chi connectivity index (χ4n) is 1.54. The number of halogens is 3. The van der Waals surface area contributed by atoms with Crippen molar-refractivity contribution in [2.45, 2.75) is 12.0 Å². The van der Waals surface area contributed by atoms with Gasteiger partial charge in [-0.2, -0.15) is 0 Å². The lowest BCUT2D eigenvalue weighted by atomic mass is 10.00. The van der Waals surface area contributed by atoms with Crippen molar-refractivity contribution in [2.24, 2.45) is 0 Å². The van der Waals surface area contributed by atoms with Gasteiger partial charge in [-0.3, -0.25) is 0 Å². The number of nitrogens with one attached hydrogen (secondary N) is 1. The molecule has 17 heavy (non-hydrogen) atoms. The molecular formula is C10H8ClF2NO3. The lowest BCUT2D eigenvalue weighted by molar-refractivity contribution is -0.104. The van der Waals surface area contributed by atoms with Gasteiger partial charge in [0.1, 0.15) is 11.8 Å². The normalized spacial score (nSPS) is 22.8. The van der Waals surface area contributed by atoms with Crippen LogP contribution in [0, 0.1) is 0 Å². The lowest BCUT2D eigenvalue weighted by Crippen LogP contribution is -2.49. The molecule has 0 saturated carbocycles. The minimum absolute atomic E-state index is 0.0564. The minimum atomic E-state index is -3.23. The summed E-state index contributed by atoms with van der Waals surface area (Å²) in [5.41, 5.74) is 0.106. The number of amides is 1. The van der Waals surface area contributed by atoms with Gasteiger partial charge in [0.2, 0.25) is 0 Å². The number of phenolic OH excluding ortho intramolecular Hbond substituents is 1. The van der Waals surface area contributed by atoms with Gasteiger partial charge in [-0.05, 0) is 17.7 Å². The van der Waals surface area contributed by atoms with Crippen LogP contribution in [0.5, 0.6) is 5.75 Å². The van der Waals surface area contributed by atoms with Crippen molar-refractivity contribution in [1.29, 1.82) is 0 Å². The van der Waals surface area contributed by atoms with Gasteiger partial charge in [-0.25, -0.2) is 13.6 Å². The summed E-state index contributed by atoms with van der Waals surface area (Å²) in [7, 11) is 0. The van der Waals surface area contributed by atoms with E-state index in [9.17, 15) is 18.7 Å². The van der Waals surface area contributed by atoms with Crippen LogP contribution in [0.1, 0.15) is 11.6 Å². The standard InChI is InChI=1S/C10H8ClF2NO3/c11-6-3-5(1-2-7(6)15)8-10(12,13)4-17-9(16)14-8/h1-3,8,15H,4H2,(H,14,16)/t8-/m0/s1. The topological polar surface area (TPSA) is 58.6 Å². The molecule has 1 aromatic rings. The number of hydrogen-bond donors (Lipinski definition) is 2. The Bertz CT molecular complexity index is 467. The van der Waals surface area contributed by atoms with Crippen molar-refractivity contribution in [3.05, 3.63) is 28.8 Å². The Morgan fingerprint density at radius 1 is 1.53 bits per heavy atom. The highest BCUT2D eigenvalue weighted by molar-refractivity contribution is 6.32. The van der Waals surface area contributed by atoms with Gasteiger partial charge >= 0.3 is 12.0 Å². The molecule has 0 radical (unpaired) electrons. The number of alkyl halides is 2. The van der Waals surface area contributed by atoms with E-state index in [1.807, 2.05) is 5.32 Å². The molecule has 1 saturated heterocycles. The third kappa shape index (κ3) is 2.26. The predicted octanol–water partition coefficient (Wildman–Crippen LogP) is 2.46. The Labute approximate surface area is 100 Å². The summed E-state index contributed by atoms with van der Waals surface area (Å²) in [6.45, 7) is -0.984. The summed E-state index contributed by atoms with van der Waals surface area (Å²) in [4.78, 5) is 10.9. The first-order valence-corrected chi connectivity index (χ1v) is 5.07. The zero-order chi connectivity index (χ0) is 12.6. The molecular weight excluding hydrogens is 256 g/mol. The molecule has 0 aromatic heterocycles. The molecule has 0 bridgehead atoms. The second-order valence-corrected chi connectivity index (χ2v) is 4.03. The van der Waals surface area contributed by atoms with E-state index in [0.717, 1.165) is 0 Å². The Morgan fingerprint density at radius 3 is 2.88 bits per heavy atom. The van der Waals surface area contributed by atoms with E-state index >= 15 is 0 Å². The van der Waals surface area contributed by atoms with Gasteiger partial charge in [-0.15, -0.1) is 0 Å². The van der Waals surface area contributed by atoms with Crippen molar-refractivity contribution in [2.75, 3.05) is 6.61 Å². The van der Waals surface area contributed by atoms with Crippen LogP contribution in [0.3, 0.4) is 0 Å². The SMILES string of the molecule is O=C1N[C@@H](c2ccc(O)c(Cl)c2)C(F)(F)CO1. The molecule has 2 rings (SSSR count). The number of cyclic esters (lactones) is 1. The van der Waals surface area contributed by atoms with Crippen LogP contribution in [0.25, 0.3) is 0 Å². The molecule has 1 heterocycles. The Kier molecular flexibility index (Phi) is 2.82. The zero-order valence-electron chi connectivity index (χ0n) is 8.41. The van der Waals surface area contributed by atoms with Gasteiger partial charge in [-0.1, -0.05) is 17.7 Å². The monoisotopic (exact) mass is 263 g/mol. The summed E-state index contributed by atoms with van der Waals surface area (Å²) in [5.74, 6) is -3.44. The van der Waals surface area contributed by atoms with Crippen LogP contribution >= 0.6 is 11.6 Å². The van der Waals surface area contributed by atoms with Gasteiger partial charge in [0.15, 0.2) is 6.61 Å². The molecule has 1 fully saturated rings. The Hall–Kier alpha value is -1.56. The molecule has 1 aromatic carbocycles. The van der Waals surface area contributed by atoms with Crippen LogP contribution in [0.4, 0.5) is 13.6 Å². The molecule has 92 valence electrons. The molecule has 0 unspecified atom stereocenters. The number of carbonyl (C=O) groups excluding carboxylic acids is 1. The second kappa shape index (κ2) is 4.03. The van der Waals surface area contributed by atoms with Crippen molar-refractivity contribution in [1.82, 2.24) is 5.32 Å². The zero-order valence-corrected chi connectivity index (χ0v) is 9.17. The summed E-state index contributed by atoms with van der Waals surface area (Å²) in [6, 6.07) is 2.13. The number of aromatic hydroxyl groups is 1. The maximum absolute atomic E-state index is 13.5. The third-order valence-electron chi connectivity index (χ3n) is 2.39. The van der Waals surface area contributed by atoms with Crippen molar-refractivity contribution < 1.29 is 23.4 Å². The van der Waals surface area contributed by atoms with Crippen LogP contribution in [0.15, 0.2) is 18.2 Å². The third-order valence-corrected chi connectivity index (χ3v) is 2.69. The summed E-state index contributed by atoms with van der Waals surface area (Å²) < 4.78 is 31.2. The summed E-state index contributed by atoms with van der Waals surface area (Å²) >= 11 is 5.62. The first-order valence-electron chi connectivity index (χ1n) is 4.70. The van der Waals surface area contributed by atoms with Crippen molar-refractivity contribution in [3.8, 4) is 5.75 Å². The first kappa shape index (κ1) is 11.9. The number of rotatable bonds is 1. The quantitative estimate of drug-likeness (QED) is 0.818. The Balaban J connectivity index is 2.36. The highest BCUT2D eigenvalue weighted by Crippen LogP contribution is 2.36. The molecule has 1 aliphatic heterocycles. The molecule has 4 nitrogen and oxygen atoms in total. The molecule has 0 aliphatic carbocycles. The predicted molar refractivity (Wildman–Crippen MR) is 55.3 cm³/mol. The van der Waals surface area contributed by atoms with Crippen LogP contribution < -0.4 is 5.32 Å². The summed E-state index contributed by atoms with van der Waals surface area (Å²) in [5, 5.41) is 11.2. The van der Waals surface area contributed by atoms with E-state index in [1.165, 1.54) is 18.2 Å². The molecule has 2 N–H and O–H groups in total. The van der Waals surface area contributed by atoms with Crippen molar-refractivity contribution >= 4 is 17.7 Å². The largest absolute Gasteiger partial charge is 0.506 e. The first-order chi connectivity index (χ1) is 7.90. The van der Waals surface area contributed by atoms with E-state index in [2.05, 4.69) is 4.74 Å². The average Bonchev–Trinajstić information content (AvgIpc) is 2.26. The highest BCUT2D eigenvalue weighted by Gasteiger charge is 2.46. The number of ether oxygens (including phenoxy) is 1. The van der Waals surface area contributed by atoms with E-state index in [0.29, 0.717) is 0 Å². The van der Waals surface area contributed by atoms with E-state index in [4.69, 9.17) is 11.6 Å². The fourth-order valence-corrected chi connectivity index (χ4v) is 1.73. The molecule has 7 heteroatoms. The van der Waals surface area contributed by atoms with Gasteiger partial charge in [0.25, 0.3) is 0 Å². The van der Waals surface area contributed by atoms with Gasteiger partial charge in [0.05, 0.1) is 5.02 Å². The van der Waals surface area contributed by atoms with Crippen LogP contribution in [-0.4, -0.2) is 23.7 Å². The molecule has 1 atom stereocenters. The van der Waals surface area contributed by atoms with E-state index in [-0.39, 0.29) is 16.3 Å². The smallest absolute Gasteiger partial charge is 0.408 e. The van der Waals surface area contributed by atoms with Crippen LogP contribution in [0.2, 0.25) is 5.02 Å². The second-order valence-electron chi connectivity index (χ2n) is 3.63. The van der Waals surface area contributed by atoms with E-state index < -0.39 is 24.7 Å². The minimum Gasteiger partial charge on any atom is -0.506 e. The maximum Gasteiger partial charge on any atom is 0.408 e.